The van der Waals surface area contributed by atoms with E-state index in [1.807, 2.05) is 0 Å². The first-order valence-corrected chi connectivity index (χ1v) is 5.61. The van der Waals surface area contributed by atoms with Crippen LogP contribution < -0.4 is 0 Å². The third-order valence-corrected chi connectivity index (χ3v) is 3.99. The normalized spacial score (nSPS) is 31.2. The summed E-state index contributed by atoms with van der Waals surface area (Å²) in [6.07, 6.45) is 3.98. The zero-order chi connectivity index (χ0) is 9.54. The number of hydrogen-bond donors (Lipinski definition) is 0. The lowest BCUT2D eigenvalue weighted by atomic mass is 9.81. The van der Waals surface area contributed by atoms with Gasteiger partial charge in [-0.05, 0) is 49.9 Å². The van der Waals surface area contributed by atoms with Gasteiger partial charge in [0.05, 0.1) is 0 Å². The molecular formula is C13H17N. The molecule has 14 heavy (non-hydrogen) atoms. The number of likely N-dealkylation sites (tertiary alicyclic amines) is 1. The number of benzene rings is 1. The minimum Gasteiger partial charge on any atom is -0.303 e. The summed E-state index contributed by atoms with van der Waals surface area (Å²) in [7, 11) is 2.28. The summed E-state index contributed by atoms with van der Waals surface area (Å²) >= 11 is 0. The molecule has 1 heteroatoms. The number of nitrogens with zero attached hydrogens (tertiary/aromatic N) is 1. The van der Waals surface area contributed by atoms with Crippen molar-refractivity contribution in [2.24, 2.45) is 5.92 Å². The van der Waals surface area contributed by atoms with Crippen molar-refractivity contribution in [1.29, 1.82) is 0 Å². The molecule has 2 aliphatic rings. The molecule has 3 rings (SSSR count). The average Bonchev–Trinajstić information content (AvgIpc) is 2.57. The minimum atomic E-state index is 0.824. The van der Waals surface area contributed by atoms with Crippen molar-refractivity contribution in [2.45, 2.75) is 25.3 Å². The Hall–Kier alpha value is -0.820. The zero-order valence-corrected chi connectivity index (χ0v) is 8.74. The van der Waals surface area contributed by atoms with Crippen LogP contribution in [0.2, 0.25) is 0 Å². The maximum absolute atomic E-state index is 2.54. The summed E-state index contributed by atoms with van der Waals surface area (Å²) in [6.45, 7) is 1.29. The summed E-state index contributed by atoms with van der Waals surface area (Å²) in [6, 6.07) is 9.79. The monoisotopic (exact) mass is 187 g/mol. The maximum Gasteiger partial charge on any atom is 0.0165 e. The summed E-state index contributed by atoms with van der Waals surface area (Å²) < 4.78 is 0. The van der Waals surface area contributed by atoms with Gasteiger partial charge >= 0.3 is 0 Å². The highest BCUT2D eigenvalue weighted by Crippen LogP contribution is 2.34. The molecule has 0 radical (unpaired) electrons. The first-order valence-electron chi connectivity index (χ1n) is 5.61. The van der Waals surface area contributed by atoms with Gasteiger partial charge in [0.2, 0.25) is 0 Å². The van der Waals surface area contributed by atoms with Crippen LogP contribution in [-0.4, -0.2) is 24.5 Å². The van der Waals surface area contributed by atoms with E-state index in [9.17, 15) is 0 Å². The topological polar surface area (TPSA) is 3.24 Å². The second-order valence-corrected chi connectivity index (χ2v) is 4.77. The maximum atomic E-state index is 2.54. The van der Waals surface area contributed by atoms with Gasteiger partial charge in [0, 0.05) is 6.04 Å². The van der Waals surface area contributed by atoms with Crippen LogP contribution in [0.1, 0.15) is 17.5 Å². The highest BCUT2D eigenvalue weighted by Gasteiger charge is 2.35. The van der Waals surface area contributed by atoms with Crippen molar-refractivity contribution >= 4 is 0 Å². The fourth-order valence-electron chi connectivity index (χ4n) is 3.11. The Morgan fingerprint density at radius 2 is 1.86 bits per heavy atom. The molecule has 1 fully saturated rings. The van der Waals surface area contributed by atoms with Crippen LogP contribution in [0.15, 0.2) is 24.3 Å². The first kappa shape index (κ1) is 8.49. The lowest BCUT2D eigenvalue weighted by Gasteiger charge is -2.31. The summed E-state index contributed by atoms with van der Waals surface area (Å²) in [5.74, 6) is 0.926. The van der Waals surface area contributed by atoms with E-state index in [-0.39, 0.29) is 0 Å². The molecule has 1 saturated heterocycles. The van der Waals surface area contributed by atoms with Crippen molar-refractivity contribution in [1.82, 2.24) is 4.90 Å². The van der Waals surface area contributed by atoms with Crippen LogP contribution in [0.4, 0.5) is 0 Å². The van der Waals surface area contributed by atoms with E-state index in [0.717, 1.165) is 12.0 Å². The molecule has 2 unspecified atom stereocenters. The Kier molecular flexibility index (Phi) is 1.88. The van der Waals surface area contributed by atoms with E-state index in [4.69, 9.17) is 0 Å². The fourth-order valence-corrected chi connectivity index (χ4v) is 3.11. The number of likely N-dealkylation sites (N-methyl/N-ethyl adjacent to an activating group) is 1. The zero-order valence-electron chi connectivity index (χ0n) is 8.74. The highest BCUT2D eigenvalue weighted by molar-refractivity contribution is 5.31. The van der Waals surface area contributed by atoms with Crippen LogP contribution in [0, 0.1) is 5.92 Å². The smallest absolute Gasteiger partial charge is 0.0165 e. The van der Waals surface area contributed by atoms with Gasteiger partial charge in [0.15, 0.2) is 0 Å². The Morgan fingerprint density at radius 3 is 2.64 bits per heavy atom. The van der Waals surface area contributed by atoms with E-state index in [2.05, 4.69) is 36.2 Å². The molecule has 74 valence electrons. The molecule has 0 N–H and O–H groups in total. The van der Waals surface area contributed by atoms with Gasteiger partial charge in [-0.1, -0.05) is 24.3 Å². The third kappa shape index (κ3) is 1.19. The molecule has 0 bridgehead atoms. The molecule has 2 atom stereocenters. The van der Waals surface area contributed by atoms with Crippen LogP contribution in [0.25, 0.3) is 0 Å². The Labute approximate surface area is 85.7 Å². The number of hydrogen-bond acceptors (Lipinski definition) is 1. The van der Waals surface area contributed by atoms with Crippen LogP contribution in [0.3, 0.4) is 0 Å². The van der Waals surface area contributed by atoms with Crippen LogP contribution in [0.5, 0.6) is 0 Å². The number of fused-ring (bicyclic) bond motifs is 2. The van der Waals surface area contributed by atoms with Crippen LogP contribution >= 0.6 is 0 Å². The molecule has 1 nitrogen and oxygen atoms in total. The average molecular weight is 187 g/mol. The predicted octanol–water partition coefficient (Wildman–Crippen LogP) is 2.11. The molecule has 1 aromatic carbocycles. The van der Waals surface area contributed by atoms with Gasteiger partial charge in [0.25, 0.3) is 0 Å². The van der Waals surface area contributed by atoms with Crippen molar-refractivity contribution in [3.8, 4) is 0 Å². The minimum absolute atomic E-state index is 0.824. The van der Waals surface area contributed by atoms with E-state index < -0.39 is 0 Å². The van der Waals surface area contributed by atoms with E-state index in [1.54, 1.807) is 11.1 Å². The predicted molar refractivity (Wildman–Crippen MR) is 58.4 cm³/mol. The van der Waals surface area contributed by atoms with E-state index >= 15 is 0 Å². The molecule has 0 saturated carbocycles. The van der Waals surface area contributed by atoms with Gasteiger partial charge in [-0.2, -0.15) is 0 Å². The molecule has 1 aromatic rings. The summed E-state index contributed by atoms with van der Waals surface area (Å²) in [5, 5.41) is 0. The van der Waals surface area contributed by atoms with Crippen molar-refractivity contribution < 1.29 is 0 Å². The van der Waals surface area contributed by atoms with Crippen molar-refractivity contribution in [2.75, 3.05) is 13.6 Å². The molecule has 0 aromatic heterocycles. The first-order chi connectivity index (χ1) is 6.84. The van der Waals surface area contributed by atoms with Crippen molar-refractivity contribution in [3.63, 3.8) is 0 Å². The third-order valence-electron chi connectivity index (χ3n) is 3.99. The largest absolute Gasteiger partial charge is 0.303 e. The van der Waals surface area contributed by atoms with E-state index in [0.29, 0.717) is 0 Å². The standard InChI is InChI=1S/C13H17N/c1-14-7-6-12-8-10-4-2-3-5-11(10)9-13(12)14/h2-5,12-13H,6-9H2,1H3. The van der Waals surface area contributed by atoms with Crippen LogP contribution in [-0.2, 0) is 12.8 Å². The Balaban J connectivity index is 1.95. The molecule has 1 aliphatic heterocycles. The van der Waals surface area contributed by atoms with Gasteiger partial charge in [-0.15, -0.1) is 0 Å². The quantitative estimate of drug-likeness (QED) is 0.601. The van der Waals surface area contributed by atoms with Crippen molar-refractivity contribution in [3.05, 3.63) is 35.4 Å². The summed E-state index contributed by atoms with van der Waals surface area (Å²) in [4.78, 5) is 2.54. The molecule has 0 amide bonds. The second kappa shape index (κ2) is 3.09. The second-order valence-electron chi connectivity index (χ2n) is 4.77. The van der Waals surface area contributed by atoms with Gasteiger partial charge < -0.3 is 4.90 Å². The van der Waals surface area contributed by atoms with Gasteiger partial charge in [0.1, 0.15) is 0 Å². The van der Waals surface area contributed by atoms with E-state index in [1.165, 1.54) is 25.8 Å². The molecule has 1 heterocycles. The fraction of sp³-hybridized carbons (Fsp3) is 0.538. The summed E-state index contributed by atoms with van der Waals surface area (Å²) in [5.41, 5.74) is 3.19. The highest BCUT2D eigenvalue weighted by atomic mass is 15.2. The molecule has 1 aliphatic carbocycles. The Bertz CT molecular complexity index is 345. The SMILES string of the molecule is CN1CCC2Cc3ccccc3CC21. The molecule has 0 spiro atoms. The van der Waals surface area contributed by atoms with Gasteiger partial charge in [-0.3, -0.25) is 0 Å². The lowest BCUT2D eigenvalue weighted by Crippen LogP contribution is -2.35. The van der Waals surface area contributed by atoms with Gasteiger partial charge in [-0.25, -0.2) is 0 Å². The molecular weight excluding hydrogens is 170 g/mol. The Morgan fingerprint density at radius 1 is 1.14 bits per heavy atom. The lowest BCUT2D eigenvalue weighted by molar-refractivity contribution is 0.258. The number of rotatable bonds is 0.